The van der Waals surface area contributed by atoms with Crippen molar-refractivity contribution in [2.45, 2.75) is 55.4 Å². The summed E-state index contributed by atoms with van der Waals surface area (Å²) >= 11 is 1.39. The molecule has 2 aromatic heterocycles. The highest BCUT2D eigenvalue weighted by molar-refractivity contribution is 8.00. The van der Waals surface area contributed by atoms with Crippen molar-refractivity contribution >= 4 is 34.4 Å². The topological polar surface area (TPSA) is 121 Å². The number of pyridine rings is 1. The zero-order valence-corrected chi connectivity index (χ0v) is 20.8. The number of aromatic nitrogens is 3. The van der Waals surface area contributed by atoms with E-state index in [0.29, 0.717) is 35.1 Å². The SMILES string of the molecule is COc1ccc2ccc(F)c(CNC3(CO)CCC(NCc4cnc5c(n4)NC(=O)CS5)CC3)c2n1. The number of methoxy groups -OCH3 is 1. The first-order chi connectivity index (χ1) is 17.5. The number of carbonyl (C=O) groups is 1. The number of hydrogen-bond acceptors (Lipinski definition) is 9. The third-order valence-electron chi connectivity index (χ3n) is 6.94. The summed E-state index contributed by atoms with van der Waals surface area (Å²) in [6.07, 6.45) is 4.92. The second-order valence-corrected chi connectivity index (χ2v) is 10.2. The number of ether oxygens (including phenoxy) is 1. The third kappa shape index (κ3) is 5.29. The molecule has 0 radical (unpaired) electrons. The molecule has 4 N–H and O–H groups in total. The van der Waals surface area contributed by atoms with Crippen LogP contribution in [-0.4, -0.2) is 57.0 Å². The highest BCUT2D eigenvalue weighted by Crippen LogP contribution is 2.31. The predicted molar refractivity (Wildman–Crippen MR) is 135 cm³/mol. The fraction of sp³-hybridized carbons (Fsp3) is 0.440. The summed E-state index contributed by atoms with van der Waals surface area (Å²) in [5.41, 5.74) is 1.31. The Balaban J connectivity index is 1.19. The van der Waals surface area contributed by atoms with E-state index in [4.69, 9.17) is 4.74 Å². The van der Waals surface area contributed by atoms with E-state index in [-0.39, 0.29) is 30.9 Å². The maximum absolute atomic E-state index is 14.8. The van der Waals surface area contributed by atoms with Gasteiger partial charge in [0.15, 0.2) is 5.82 Å². The number of amides is 1. The summed E-state index contributed by atoms with van der Waals surface area (Å²) in [4.78, 5) is 25.0. The highest BCUT2D eigenvalue weighted by atomic mass is 32.2. The average Bonchev–Trinajstić information content (AvgIpc) is 2.91. The number of fused-ring (bicyclic) bond motifs is 2. The molecule has 190 valence electrons. The van der Waals surface area contributed by atoms with Gasteiger partial charge in [-0.1, -0.05) is 11.8 Å². The number of halogens is 1. The van der Waals surface area contributed by atoms with Gasteiger partial charge in [-0.05, 0) is 43.9 Å². The quantitative estimate of drug-likeness (QED) is 0.361. The van der Waals surface area contributed by atoms with Crippen molar-refractivity contribution in [1.82, 2.24) is 25.6 Å². The summed E-state index contributed by atoms with van der Waals surface area (Å²) in [6.45, 7) is 0.771. The first-order valence-electron chi connectivity index (χ1n) is 12.0. The normalized spacial score (nSPS) is 21.8. The maximum atomic E-state index is 14.8. The number of rotatable bonds is 8. The Bertz CT molecular complexity index is 1270. The molecule has 1 saturated carbocycles. The molecule has 3 aromatic rings. The Kier molecular flexibility index (Phi) is 7.33. The first-order valence-corrected chi connectivity index (χ1v) is 13.0. The standard InChI is InChI=1S/C25H29FN6O3S/c1-35-21-5-3-15-2-4-19(26)18(22(15)32-21)12-29-25(14-33)8-6-16(7-9-25)27-10-17-11-28-24-23(30-17)31-20(34)13-36-24/h2-5,11,16,27,29,33H,6-10,12-14H2,1H3,(H,30,31,34). The number of aliphatic hydroxyl groups excluding tert-OH is 1. The van der Waals surface area contributed by atoms with E-state index in [0.717, 1.165) is 41.8 Å². The lowest BCUT2D eigenvalue weighted by molar-refractivity contribution is -0.113. The van der Waals surface area contributed by atoms with E-state index in [1.54, 1.807) is 18.3 Å². The molecule has 1 aromatic carbocycles. The molecule has 5 rings (SSSR count). The van der Waals surface area contributed by atoms with Crippen LogP contribution in [0.15, 0.2) is 35.5 Å². The Labute approximate surface area is 212 Å². The van der Waals surface area contributed by atoms with Gasteiger partial charge in [0.2, 0.25) is 11.8 Å². The van der Waals surface area contributed by atoms with Crippen LogP contribution in [0.25, 0.3) is 10.9 Å². The second-order valence-electron chi connectivity index (χ2n) is 9.25. The molecule has 0 spiro atoms. The fourth-order valence-electron chi connectivity index (χ4n) is 4.77. The molecule has 1 aliphatic carbocycles. The van der Waals surface area contributed by atoms with Gasteiger partial charge in [0, 0.05) is 41.7 Å². The average molecular weight is 513 g/mol. The van der Waals surface area contributed by atoms with Gasteiger partial charge < -0.3 is 25.8 Å². The van der Waals surface area contributed by atoms with Crippen LogP contribution >= 0.6 is 11.8 Å². The minimum absolute atomic E-state index is 0.0312. The number of nitrogens with one attached hydrogen (secondary N) is 3. The largest absolute Gasteiger partial charge is 0.481 e. The summed E-state index contributed by atoms with van der Waals surface area (Å²) in [5.74, 6) is 0.920. The third-order valence-corrected chi connectivity index (χ3v) is 7.92. The summed E-state index contributed by atoms with van der Waals surface area (Å²) in [6, 6.07) is 7.04. The number of thioether (sulfide) groups is 1. The van der Waals surface area contributed by atoms with Gasteiger partial charge >= 0.3 is 0 Å². The number of carbonyl (C=O) groups excluding carboxylic acids is 1. The van der Waals surface area contributed by atoms with Crippen LogP contribution in [0.4, 0.5) is 10.2 Å². The Morgan fingerprint density at radius 3 is 2.81 bits per heavy atom. The molecule has 1 amide bonds. The van der Waals surface area contributed by atoms with Crippen LogP contribution in [-0.2, 0) is 17.9 Å². The molecule has 0 unspecified atom stereocenters. The lowest BCUT2D eigenvalue weighted by Crippen LogP contribution is -2.53. The number of aliphatic hydroxyl groups is 1. The molecule has 1 fully saturated rings. The molecule has 1 aliphatic heterocycles. The highest BCUT2D eigenvalue weighted by Gasteiger charge is 2.34. The monoisotopic (exact) mass is 512 g/mol. The van der Waals surface area contributed by atoms with Crippen LogP contribution in [0.1, 0.15) is 36.9 Å². The molecule has 9 nitrogen and oxygen atoms in total. The van der Waals surface area contributed by atoms with E-state index < -0.39 is 5.54 Å². The predicted octanol–water partition coefficient (Wildman–Crippen LogP) is 2.77. The van der Waals surface area contributed by atoms with Crippen molar-refractivity contribution in [3.8, 4) is 5.88 Å². The van der Waals surface area contributed by atoms with E-state index in [2.05, 4.69) is 30.9 Å². The lowest BCUT2D eigenvalue weighted by Gasteiger charge is -2.40. The molecular weight excluding hydrogens is 483 g/mol. The first kappa shape index (κ1) is 24.8. The van der Waals surface area contributed by atoms with Crippen molar-refractivity contribution in [3.05, 3.63) is 47.5 Å². The van der Waals surface area contributed by atoms with E-state index in [9.17, 15) is 14.3 Å². The minimum Gasteiger partial charge on any atom is -0.481 e. The van der Waals surface area contributed by atoms with Crippen molar-refractivity contribution in [2.75, 3.05) is 24.8 Å². The molecule has 2 aliphatic rings. The van der Waals surface area contributed by atoms with Gasteiger partial charge in [-0.3, -0.25) is 4.79 Å². The Morgan fingerprint density at radius 2 is 2.03 bits per heavy atom. The van der Waals surface area contributed by atoms with Crippen molar-refractivity contribution < 1.29 is 19.0 Å². The maximum Gasteiger partial charge on any atom is 0.236 e. The number of nitrogens with zero attached hydrogens (tertiary/aromatic N) is 3. The summed E-state index contributed by atoms with van der Waals surface area (Å²) < 4.78 is 20.0. The molecule has 36 heavy (non-hydrogen) atoms. The second kappa shape index (κ2) is 10.6. The molecule has 0 atom stereocenters. The molecule has 0 bridgehead atoms. The summed E-state index contributed by atoms with van der Waals surface area (Å²) in [5, 5.41) is 21.6. The summed E-state index contributed by atoms with van der Waals surface area (Å²) in [7, 11) is 1.54. The Hall–Kier alpha value is -2.86. The zero-order valence-electron chi connectivity index (χ0n) is 20.0. The number of benzene rings is 1. The van der Waals surface area contributed by atoms with Crippen LogP contribution in [0.2, 0.25) is 0 Å². The number of hydrogen-bond donors (Lipinski definition) is 4. The van der Waals surface area contributed by atoms with Crippen LogP contribution in [0.3, 0.4) is 0 Å². The van der Waals surface area contributed by atoms with Crippen LogP contribution in [0.5, 0.6) is 5.88 Å². The van der Waals surface area contributed by atoms with Gasteiger partial charge in [0.25, 0.3) is 0 Å². The lowest BCUT2D eigenvalue weighted by atomic mass is 9.79. The molecular formula is C25H29FN6O3S. The van der Waals surface area contributed by atoms with E-state index in [1.807, 2.05) is 6.07 Å². The number of anilines is 1. The smallest absolute Gasteiger partial charge is 0.236 e. The van der Waals surface area contributed by atoms with Gasteiger partial charge in [-0.15, -0.1) is 0 Å². The van der Waals surface area contributed by atoms with Crippen LogP contribution < -0.4 is 20.7 Å². The van der Waals surface area contributed by atoms with E-state index in [1.165, 1.54) is 24.9 Å². The molecule has 0 saturated heterocycles. The van der Waals surface area contributed by atoms with Gasteiger partial charge in [-0.25, -0.2) is 19.3 Å². The zero-order chi connectivity index (χ0) is 25.1. The van der Waals surface area contributed by atoms with Crippen molar-refractivity contribution in [2.24, 2.45) is 0 Å². The molecule has 3 heterocycles. The van der Waals surface area contributed by atoms with Gasteiger partial charge in [0.1, 0.15) is 10.8 Å². The van der Waals surface area contributed by atoms with Gasteiger partial charge in [-0.2, -0.15) is 0 Å². The van der Waals surface area contributed by atoms with E-state index >= 15 is 0 Å². The molecule has 11 heteroatoms. The van der Waals surface area contributed by atoms with Gasteiger partial charge in [0.05, 0.1) is 36.9 Å². The Morgan fingerprint density at radius 1 is 1.22 bits per heavy atom. The minimum atomic E-state index is -0.487. The van der Waals surface area contributed by atoms with Crippen LogP contribution in [0, 0.1) is 5.82 Å². The van der Waals surface area contributed by atoms with Crippen molar-refractivity contribution in [1.29, 1.82) is 0 Å². The fourth-order valence-corrected chi connectivity index (χ4v) is 5.47. The van der Waals surface area contributed by atoms with Crippen molar-refractivity contribution in [3.63, 3.8) is 0 Å².